The van der Waals surface area contributed by atoms with Gasteiger partial charge in [-0.3, -0.25) is 9.59 Å². The van der Waals surface area contributed by atoms with E-state index in [9.17, 15) is 9.59 Å². The number of nitrogens with two attached hydrogens (primary N) is 1. The minimum atomic E-state index is -0.699. The van der Waals surface area contributed by atoms with Gasteiger partial charge in [0.2, 0.25) is 11.8 Å². The van der Waals surface area contributed by atoms with Crippen molar-refractivity contribution in [2.45, 2.75) is 51.6 Å². The van der Waals surface area contributed by atoms with Crippen molar-refractivity contribution < 1.29 is 9.59 Å². The molecular formula is C23H30ClN3O2. The lowest BCUT2D eigenvalue weighted by Gasteiger charge is -2.21. The smallest absolute Gasteiger partial charge is 0.241 e. The molecule has 4 N–H and O–H groups in total. The van der Waals surface area contributed by atoms with Crippen LogP contribution < -0.4 is 16.4 Å². The summed E-state index contributed by atoms with van der Waals surface area (Å²) in [6, 6.07) is 14.5. The highest BCUT2D eigenvalue weighted by molar-refractivity contribution is 5.92. The molecule has 1 aliphatic carbocycles. The largest absolute Gasteiger partial charge is 0.350 e. The Bertz CT molecular complexity index is 817. The normalized spacial score (nSPS) is 15.1. The van der Waals surface area contributed by atoms with Crippen LogP contribution in [0.25, 0.3) is 0 Å². The Morgan fingerprint density at radius 1 is 1.07 bits per heavy atom. The van der Waals surface area contributed by atoms with Crippen LogP contribution >= 0.6 is 12.4 Å². The minimum absolute atomic E-state index is 0. The molecule has 2 aromatic carbocycles. The molecule has 0 saturated heterocycles. The van der Waals surface area contributed by atoms with E-state index >= 15 is 0 Å². The number of anilines is 1. The number of nitrogens with one attached hydrogen (secondary N) is 2. The molecule has 6 heteroatoms. The van der Waals surface area contributed by atoms with E-state index in [-0.39, 0.29) is 30.1 Å². The number of aryl methyl sites for hydroxylation is 1. The highest BCUT2D eigenvalue weighted by atomic mass is 35.5. The summed E-state index contributed by atoms with van der Waals surface area (Å²) in [7, 11) is 0. The van der Waals surface area contributed by atoms with Crippen LogP contribution in [0.5, 0.6) is 0 Å². The number of rotatable bonds is 6. The molecule has 5 nitrogen and oxygen atoms in total. The first-order chi connectivity index (χ1) is 13.5. The summed E-state index contributed by atoms with van der Waals surface area (Å²) >= 11 is 0. The Kier molecular flexibility index (Phi) is 8.68. The fraction of sp³-hybridized carbons (Fsp3) is 0.391. The van der Waals surface area contributed by atoms with Gasteiger partial charge in [0.1, 0.15) is 6.04 Å². The van der Waals surface area contributed by atoms with Gasteiger partial charge in [-0.25, -0.2) is 0 Å². The molecule has 156 valence electrons. The van der Waals surface area contributed by atoms with Gasteiger partial charge in [-0.15, -0.1) is 12.4 Å². The Morgan fingerprint density at radius 3 is 2.45 bits per heavy atom. The third-order valence-corrected chi connectivity index (χ3v) is 5.36. The van der Waals surface area contributed by atoms with Crippen LogP contribution in [-0.2, 0) is 16.1 Å². The van der Waals surface area contributed by atoms with Crippen molar-refractivity contribution in [1.29, 1.82) is 0 Å². The van der Waals surface area contributed by atoms with Crippen LogP contribution in [0, 0.1) is 12.8 Å². The average Bonchev–Trinajstić information content (AvgIpc) is 2.73. The molecule has 0 aliphatic heterocycles. The summed E-state index contributed by atoms with van der Waals surface area (Å²) in [6.07, 6.45) is 5.43. The fourth-order valence-corrected chi connectivity index (χ4v) is 3.59. The standard InChI is InChI=1S/C23H29N3O2.ClH/c1-16-10-12-18(13-11-16)21(24)23(28)25-15-17-6-5-9-20(14-17)26-22(27)19-7-3-2-4-8-19;/h5-6,9-14,19,21H,2-4,7-8,15,24H2,1H3,(H,25,28)(H,26,27);1H. The van der Waals surface area contributed by atoms with Gasteiger partial charge in [-0.05, 0) is 43.0 Å². The SMILES string of the molecule is Cc1ccc(C(N)C(=O)NCc2cccc(NC(=O)C3CCCCC3)c2)cc1.Cl. The highest BCUT2D eigenvalue weighted by Crippen LogP contribution is 2.25. The lowest BCUT2D eigenvalue weighted by atomic mass is 9.88. The molecule has 2 amide bonds. The van der Waals surface area contributed by atoms with Gasteiger partial charge in [0.05, 0.1) is 0 Å². The number of hydrogen-bond donors (Lipinski definition) is 3. The second kappa shape index (κ2) is 11.0. The highest BCUT2D eigenvalue weighted by Gasteiger charge is 2.21. The van der Waals surface area contributed by atoms with Gasteiger partial charge >= 0.3 is 0 Å². The van der Waals surface area contributed by atoms with E-state index in [1.807, 2.05) is 55.5 Å². The third kappa shape index (κ3) is 6.58. The van der Waals surface area contributed by atoms with E-state index in [1.165, 1.54) is 6.42 Å². The van der Waals surface area contributed by atoms with Gasteiger partial charge in [-0.1, -0.05) is 61.2 Å². The van der Waals surface area contributed by atoms with Crippen molar-refractivity contribution >= 4 is 29.9 Å². The van der Waals surface area contributed by atoms with Gasteiger partial charge in [-0.2, -0.15) is 0 Å². The molecule has 1 atom stereocenters. The molecule has 29 heavy (non-hydrogen) atoms. The van der Waals surface area contributed by atoms with Crippen LogP contribution in [-0.4, -0.2) is 11.8 Å². The fourth-order valence-electron chi connectivity index (χ4n) is 3.59. The molecule has 1 unspecified atom stereocenters. The Balaban J connectivity index is 0.00000300. The summed E-state index contributed by atoms with van der Waals surface area (Å²) in [5, 5.41) is 5.90. The van der Waals surface area contributed by atoms with Crippen LogP contribution in [0.15, 0.2) is 48.5 Å². The molecule has 0 bridgehead atoms. The predicted octanol–water partition coefficient (Wildman–Crippen LogP) is 4.25. The molecule has 1 aliphatic rings. The summed E-state index contributed by atoms with van der Waals surface area (Å²) in [5.41, 5.74) is 9.67. The third-order valence-electron chi connectivity index (χ3n) is 5.36. The Labute approximate surface area is 178 Å². The molecule has 0 aromatic heterocycles. The second-order valence-corrected chi connectivity index (χ2v) is 7.63. The maximum absolute atomic E-state index is 12.4. The summed E-state index contributed by atoms with van der Waals surface area (Å²) in [5.74, 6) is -0.00704. The molecule has 1 saturated carbocycles. The van der Waals surface area contributed by atoms with E-state index in [0.717, 1.165) is 48.1 Å². The number of carbonyl (C=O) groups is 2. The van der Waals surface area contributed by atoms with E-state index < -0.39 is 6.04 Å². The Hall–Kier alpha value is -2.37. The summed E-state index contributed by atoms with van der Waals surface area (Å²) in [4.78, 5) is 24.8. The van der Waals surface area contributed by atoms with Crippen LogP contribution in [0.4, 0.5) is 5.69 Å². The van der Waals surface area contributed by atoms with Crippen molar-refractivity contribution in [1.82, 2.24) is 5.32 Å². The lowest BCUT2D eigenvalue weighted by Crippen LogP contribution is -2.33. The number of hydrogen-bond acceptors (Lipinski definition) is 3. The van der Waals surface area contributed by atoms with E-state index in [2.05, 4.69) is 10.6 Å². The quantitative estimate of drug-likeness (QED) is 0.659. The number of benzene rings is 2. The number of halogens is 1. The zero-order chi connectivity index (χ0) is 19.9. The van der Waals surface area contributed by atoms with Crippen molar-refractivity contribution in [2.75, 3.05) is 5.32 Å². The van der Waals surface area contributed by atoms with Gasteiger partial charge in [0.15, 0.2) is 0 Å². The Morgan fingerprint density at radius 2 is 1.76 bits per heavy atom. The van der Waals surface area contributed by atoms with E-state index in [0.29, 0.717) is 6.54 Å². The zero-order valence-electron chi connectivity index (χ0n) is 16.8. The van der Waals surface area contributed by atoms with Crippen molar-refractivity contribution in [2.24, 2.45) is 11.7 Å². The molecular weight excluding hydrogens is 386 g/mol. The number of amides is 2. The van der Waals surface area contributed by atoms with Crippen LogP contribution in [0.3, 0.4) is 0 Å². The first-order valence-corrected chi connectivity index (χ1v) is 10.0. The molecule has 0 heterocycles. The van der Waals surface area contributed by atoms with Crippen molar-refractivity contribution in [3.05, 3.63) is 65.2 Å². The molecule has 2 aromatic rings. The minimum Gasteiger partial charge on any atom is -0.350 e. The second-order valence-electron chi connectivity index (χ2n) is 7.63. The summed E-state index contributed by atoms with van der Waals surface area (Å²) in [6.45, 7) is 2.36. The van der Waals surface area contributed by atoms with Gasteiger partial charge < -0.3 is 16.4 Å². The first-order valence-electron chi connectivity index (χ1n) is 10.0. The lowest BCUT2D eigenvalue weighted by molar-refractivity contribution is -0.122. The van der Waals surface area contributed by atoms with E-state index in [1.54, 1.807) is 0 Å². The van der Waals surface area contributed by atoms with E-state index in [4.69, 9.17) is 5.73 Å². The number of carbonyl (C=O) groups excluding carboxylic acids is 2. The molecule has 0 radical (unpaired) electrons. The van der Waals surface area contributed by atoms with Crippen molar-refractivity contribution in [3.63, 3.8) is 0 Å². The average molecular weight is 416 g/mol. The first kappa shape index (κ1) is 22.9. The maximum atomic E-state index is 12.4. The summed E-state index contributed by atoms with van der Waals surface area (Å²) < 4.78 is 0. The van der Waals surface area contributed by atoms with Crippen molar-refractivity contribution in [3.8, 4) is 0 Å². The molecule has 1 fully saturated rings. The topological polar surface area (TPSA) is 84.2 Å². The van der Waals surface area contributed by atoms with Gasteiger partial charge in [0, 0.05) is 18.2 Å². The monoisotopic (exact) mass is 415 g/mol. The predicted molar refractivity (Wildman–Crippen MR) is 119 cm³/mol. The molecule has 3 rings (SSSR count). The maximum Gasteiger partial charge on any atom is 0.241 e. The zero-order valence-corrected chi connectivity index (χ0v) is 17.6. The van der Waals surface area contributed by atoms with Crippen LogP contribution in [0.1, 0.15) is 54.8 Å². The van der Waals surface area contributed by atoms with Crippen LogP contribution in [0.2, 0.25) is 0 Å². The van der Waals surface area contributed by atoms with Gasteiger partial charge in [0.25, 0.3) is 0 Å². The molecule has 0 spiro atoms.